The topological polar surface area (TPSA) is 24.5 Å². The Morgan fingerprint density at radius 1 is 0.385 bits per heavy atom. The summed E-state index contributed by atoms with van der Waals surface area (Å²) in [7, 11) is 0. The molecule has 0 radical (unpaired) electrons. The normalized spacial score (nSPS) is 13.5. The maximum Gasteiger partial charge on any atom is 0.196 e. The molecule has 0 amide bonds. The minimum atomic E-state index is -0.279. The number of anilines is 4. The molecule has 0 aromatic heterocycles. The van der Waals surface area contributed by atoms with Crippen molar-refractivity contribution in [1.29, 1.82) is 0 Å². The van der Waals surface area contributed by atoms with E-state index in [0.717, 1.165) is 56.0 Å². The molecule has 1 aliphatic heterocycles. The van der Waals surface area contributed by atoms with Crippen LogP contribution in [0.1, 0.15) is 11.8 Å². The molecule has 9 aromatic rings. The highest BCUT2D eigenvalue weighted by atomic mass is 16.5. The maximum atomic E-state index is 6.84. The summed E-state index contributed by atoms with van der Waals surface area (Å²) >= 11 is 0. The number of hydrogen-bond donors (Lipinski definition) is 1. The van der Waals surface area contributed by atoms with Crippen LogP contribution in [0.2, 0.25) is 0 Å². The zero-order valence-electron chi connectivity index (χ0n) is 28.4. The number of hydrogen-bond acceptors (Lipinski definition) is 3. The Morgan fingerprint density at radius 3 is 1.75 bits per heavy atom. The van der Waals surface area contributed by atoms with Crippen molar-refractivity contribution < 1.29 is 4.74 Å². The van der Waals surface area contributed by atoms with Crippen molar-refractivity contribution in [2.24, 2.45) is 0 Å². The molecular weight excluding hydrogens is 633 g/mol. The highest BCUT2D eigenvalue weighted by Crippen LogP contribution is 2.50. The third-order valence-electron chi connectivity index (χ3n) is 10.2. The van der Waals surface area contributed by atoms with Crippen LogP contribution >= 0.6 is 0 Å². The Balaban J connectivity index is 1.12. The Labute approximate surface area is 303 Å². The fraction of sp³-hybridized carbons (Fsp3) is 0.0204. The number of rotatable bonds is 6. The number of nitrogens with zero attached hydrogens (tertiary/aromatic N) is 1. The van der Waals surface area contributed by atoms with Crippen LogP contribution in [0, 0.1) is 0 Å². The molecule has 3 heteroatoms. The number of fused-ring (bicyclic) bond motifs is 7. The summed E-state index contributed by atoms with van der Waals surface area (Å²) in [5.74, 6) is 0.890. The predicted molar refractivity (Wildman–Crippen MR) is 218 cm³/mol. The van der Waals surface area contributed by atoms with E-state index in [9.17, 15) is 0 Å². The van der Waals surface area contributed by atoms with Gasteiger partial charge in [0.2, 0.25) is 0 Å². The van der Waals surface area contributed by atoms with Crippen molar-refractivity contribution in [2.45, 2.75) is 6.23 Å². The Bertz CT molecular complexity index is 2740. The second-order valence-electron chi connectivity index (χ2n) is 13.4. The zero-order chi connectivity index (χ0) is 34.4. The summed E-state index contributed by atoms with van der Waals surface area (Å²) < 4.78 is 6.84. The molecule has 3 nitrogen and oxygen atoms in total. The molecule has 52 heavy (non-hydrogen) atoms. The van der Waals surface area contributed by atoms with E-state index in [4.69, 9.17) is 4.74 Å². The van der Waals surface area contributed by atoms with Crippen LogP contribution in [0.5, 0.6) is 5.75 Å². The monoisotopic (exact) mass is 666 g/mol. The Hall–Kier alpha value is -6.84. The van der Waals surface area contributed by atoms with Gasteiger partial charge in [0.1, 0.15) is 0 Å². The van der Waals surface area contributed by atoms with Crippen molar-refractivity contribution in [3.63, 3.8) is 0 Å². The van der Waals surface area contributed by atoms with Gasteiger partial charge in [-0.3, -0.25) is 0 Å². The molecule has 0 aliphatic carbocycles. The summed E-state index contributed by atoms with van der Waals surface area (Å²) in [5, 5.41) is 10.8. The van der Waals surface area contributed by atoms with Gasteiger partial charge < -0.3 is 15.0 Å². The first-order valence-electron chi connectivity index (χ1n) is 17.8. The number of benzene rings is 9. The molecule has 0 spiro atoms. The first-order valence-corrected chi connectivity index (χ1v) is 17.8. The van der Waals surface area contributed by atoms with Crippen LogP contribution in [-0.2, 0) is 0 Å². The van der Waals surface area contributed by atoms with Crippen LogP contribution in [0.15, 0.2) is 194 Å². The molecule has 0 saturated heterocycles. The summed E-state index contributed by atoms with van der Waals surface area (Å²) in [6, 6.07) is 69.3. The number of nitrogens with one attached hydrogen (secondary N) is 1. The molecule has 9 aromatic carbocycles. The summed E-state index contributed by atoms with van der Waals surface area (Å²) in [4.78, 5) is 2.34. The lowest BCUT2D eigenvalue weighted by Crippen LogP contribution is -2.09. The van der Waals surface area contributed by atoms with Crippen molar-refractivity contribution >= 4 is 55.1 Å². The second-order valence-corrected chi connectivity index (χ2v) is 13.4. The molecule has 0 saturated carbocycles. The molecule has 1 heterocycles. The summed E-state index contributed by atoms with van der Waals surface area (Å²) in [6.45, 7) is 0. The van der Waals surface area contributed by atoms with Gasteiger partial charge in [0.25, 0.3) is 0 Å². The average Bonchev–Trinajstić information content (AvgIpc) is 3.68. The van der Waals surface area contributed by atoms with Crippen LogP contribution in [0.3, 0.4) is 0 Å². The van der Waals surface area contributed by atoms with Crippen LogP contribution in [0.25, 0.3) is 54.6 Å². The molecular formula is C49H34N2O. The van der Waals surface area contributed by atoms with Crippen LogP contribution in [-0.4, -0.2) is 0 Å². The average molecular weight is 667 g/mol. The van der Waals surface area contributed by atoms with Gasteiger partial charge in [0, 0.05) is 33.4 Å². The van der Waals surface area contributed by atoms with Gasteiger partial charge in [0.15, 0.2) is 12.0 Å². The fourth-order valence-corrected chi connectivity index (χ4v) is 7.69. The van der Waals surface area contributed by atoms with E-state index in [1.165, 1.54) is 32.7 Å². The van der Waals surface area contributed by atoms with Crippen molar-refractivity contribution in [2.75, 3.05) is 10.2 Å². The van der Waals surface area contributed by atoms with Crippen LogP contribution in [0.4, 0.5) is 22.7 Å². The molecule has 0 bridgehead atoms. The molecule has 246 valence electrons. The predicted octanol–water partition coefficient (Wildman–Crippen LogP) is 13.5. The van der Waals surface area contributed by atoms with Gasteiger partial charge in [-0.2, -0.15) is 0 Å². The Kier molecular flexibility index (Phi) is 7.21. The third kappa shape index (κ3) is 5.23. The Morgan fingerprint density at radius 2 is 0.962 bits per heavy atom. The largest absolute Gasteiger partial charge is 0.464 e. The van der Waals surface area contributed by atoms with Gasteiger partial charge in [-0.1, -0.05) is 146 Å². The first-order chi connectivity index (χ1) is 25.8. The standard InChI is InChI=1S/C49H34N2O/c1-4-13-33(14-5-1)38-24-27-43-44-28-25-39(32-46(44)48-47(45(43)31-38)50-49(52-48)35-16-6-2-7-17-35)37-19-12-22-41(30-37)51(40-20-8-3-9-21-40)42-26-23-34-15-10-11-18-36(34)29-42/h1-32,49-50H. The SMILES string of the molecule is c1ccc(-c2ccc3c(c2)c2c(c4cc(-c5cccc(N(c6ccccc6)c6ccc7ccccc7c6)c5)ccc43)OC(c3ccccc3)N2)cc1. The summed E-state index contributed by atoms with van der Waals surface area (Å²) in [5.41, 5.74) is 10.1. The van der Waals surface area contributed by atoms with E-state index in [0.29, 0.717) is 0 Å². The second kappa shape index (κ2) is 12.5. The highest BCUT2D eigenvalue weighted by molar-refractivity contribution is 6.18. The molecule has 1 N–H and O–H groups in total. The minimum Gasteiger partial charge on any atom is -0.464 e. The third-order valence-corrected chi connectivity index (χ3v) is 10.2. The lowest BCUT2D eigenvalue weighted by molar-refractivity contribution is 0.262. The number of para-hydroxylation sites is 1. The molecule has 1 atom stereocenters. The van der Waals surface area contributed by atoms with E-state index in [-0.39, 0.29) is 6.23 Å². The van der Waals surface area contributed by atoms with Gasteiger partial charge >= 0.3 is 0 Å². The van der Waals surface area contributed by atoms with E-state index in [1.54, 1.807) is 0 Å². The van der Waals surface area contributed by atoms with Gasteiger partial charge in [0.05, 0.1) is 5.69 Å². The van der Waals surface area contributed by atoms with Crippen molar-refractivity contribution in [3.8, 4) is 28.0 Å². The van der Waals surface area contributed by atoms with E-state index in [2.05, 4.69) is 198 Å². The van der Waals surface area contributed by atoms with Gasteiger partial charge in [-0.05, 0) is 92.3 Å². The molecule has 10 rings (SSSR count). The van der Waals surface area contributed by atoms with Gasteiger partial charge in [-0.25, -0.2) is 0 Å². The lowest BCUT2D eigenvalue weighted by Gasteiger charge is -2.26. The molecule has 1 aliphatic rings. The molecule has 1 unspecified atom stereocenters. The van der Waals surface area contributed by atoms with Crippen molar-refractivity contribution in [3.05, 3.63) is 200 Å². The highest BCUT2D eigenvalue weighted by Gasteiger charge is 2.28. The number of ether oxygens (including phenoxy) is 1. The maximum absolute atomic E-state index is 6.84. The van der Waals surface area contributed by atoms with Crippen molar-refractivity contribution in [1.82, 2.24) is 0 Å². The van der Waals surface area contributed by atoms with Crippen LogP contribution < -0.4 is 15.0 Å². The zero-order valence-corrected chi connectivity index (χ0v) is 28.4. The fourth-order valence-electron chi connectivity index (χ4n) is 7.69. The quantitative estimate of drug-likeness (QED) is 0.179. The smallest absolute Gasteiger partial charge is 0.196 e. The summed E-state index contributed by atoms with van der Waals surface area (Å²) in [6.07, 6.45) is -0.279. The minimum absolute atomic E-state index is 0.279. The van der Waals surface area contributed by atoms with Gasteiger partial charge in [-0.15, -0.1) is 0 Å². The lowest BCUT2D eigenvalue weighted by atomic mass is 9.93. The van der Waals surface area contributed by atoms with E-state index >= 15 is 0 Å². The van der Waals surface area contributed by atoms with E-state index < -0.39 is 0 Å². The van der Waals surface area contributed by atoms with E-state index in [1.807, 2.05) is 6.07 Å². The first kappa shape index (κ1) is 30.0. The molecule has 0 fully saturated rings.